The molecule has 16 heavy (non-hydrogen) atoms. The predicted molar refractivity (Wildman–Crippen MR) is 59.3 cm³/mol. The number of hydrogen-bond donors (Lipinski definition) is 1. The van der Waals surface area contributed by atoms with E-state index >= 15 is 0 Å². The quantitative estimate of drug-likeness (QED) is 0.848. The van der Waals surface area contributed by atoms with E-state index in [-0.39, 0.29) is 0 Å². The molecule has 1 unspecified atom stereocenters. The van der Waals surface area contributed by atoms with Gasteiger partial charge in [-0.15, -0.1) is 0 Å². The normalized spacial score (nSPS) is 15.3. The first-order valence-corrected chi connectivity index (χ1v) is 4.93. The fourth-order valence-corrected chi connectivity index (χ4v) is 1.71. The van der Waals surface area contributed by atoms with E-state index in [1.165, 1.54) is 6.92 Å². The van der Waals surface area contributed by atoms with Gasteiger partial charge in [-0.1, -0.05) is 18.2 Å². The molecule has 2 N–H and O–H groups in total. The third-order valence-corrected chi connectivity index (χ3v) is 2.71. The molecule has 1 heterocycles. The van der Waals surface area contributed by atoms with Crippen LogP contribution in [0.1, 0.15) is 12.5 Å². The van der Waals surface area contributed by atoms with Crippen molar-refractivity contribution in [2.24, 2.45) is 5.73 Å². The second-order valence-corrected chi connectivity index (χ2v) is 3.99. The van der Waals surface area contributed by atoms with Gasteiger partial charge in [-0.2, -0.15) is 0 Å². The van der Waals surface area contributed by atoms with E-state index in [1.54, 1.807) is 30.6 Å². The monoisotopic (exact) mass is 222 g/mol. The molecule has 0 spiro atoms. The lowest BCUT2D eigenvalue weighted by molar-refractivity contribution is 0.0633. The lowest BCUT2D eigenvalue weighted by atomic mass is 9.90. The smallest absolute Gasteiger partial charge is 0.260 e. The maximum absolute atomic E-state index is 12.9. The minimum atomic E-state index is -2.61. The van der Waals surface area contributed by atoms with Crippen molar-refractivity contribution < 1.29 is 8.78 Å². The molecule has 0 aliphatic carbocycles. The highest BCUT2D eigenvalue weighted by Crippen LogP contribution is 2.30. The van der Waals surface area contributed by atoms with Crippen molar-refractivity contribution in [3.05, 3.63) is 42.2 Å². The molecule has 2 nitrogen and oxygen atoms in total. The maximum atomic E-state index is 12.9. The van der Waals surface area contributed by atoms with E-state index < -0.39 is 12.0 Å². The number of halogens is 2. The van der Waals surface area contributed by atoms with E-state index in [0.717, 1.165) is 10.8 Å². The van der Waals surface area contributed by atoms with Gasteiger partial charge in [0.2, 0.25) is 0 Å². The topological polar surface area (TPSA) is 38.9 Å². The fourth-order valence-electron chi connectivity index (χ4n) is 1.71. The molecule has 2 aromatic rings. The van der Waals surface area contributed by atoms with Crippen LogP contribution in [0.5, 0.6) is 0 Å². The van der Waals surface area contributed by atoms with Crippen LogP contribution >= 0.6 is 0 Å². The van der Waals surface area contributed by atoms with E-state index in [2.05, 4.69) is 4.98 Å². The van der Waals surface area contributed by atoms with Crippen molar-refractivity contribution in [1.29, 1.82) is 0 Å². The average Bonchev–Trinajstić information content (AvgIpc) is 2.28. The van der Waals surface area contributed by atoms with E-state index in [0.29, 0.717) is 5.56 Å². The van der Waals surface area contributed by atoms with Crippen LogP contribution in [0.15, 0.2) is 36.7 Å². The van der Waals surface area contributed by atoms with Gasteiger partial charge in [-0.25, -0.2) is 8.78 Å². The van der Waals surface area contributed by atoms with Gasteiger partial charge in [-0.05, 0) is 23.9 Å². The number of rotatable bonds is 2. The van der Waals surface area contributed by atoms with Crippen molar-refractivity contribution in [2.45, 2.75) is 18.9 Å². The summed E-state index contributed by atoms with van der Waals surface area (Å²) in [5, 5.41) is 1.54. The third-order valence-electron chi connectivity index (χ3n) is 2.71. The Labute approximate surface area is 92.1 Å². The highest BCUT2D eigenvalue weighted by Gasteiger charge is 2.33. The first-order chi connectivity index (χ1) is 7.53. The summed E-state index contributed by atoms with van der Waals surface area (Å²) in [6, 6.07) is 6.88. The standard InChI is InChI=1S/C12H12F2N2/c1-12(15,11(13)14)10-4-2-3-8-7-16-6-5-9(8)10/h2-7,11H,15H2,1H3. The highest BCUT2D eigenvalue weighted by molar-refractivity contribution is 5.85. The number of aromatic nitrogens is 1. The molecular weight excluding hydrogens is 210 g/mol. The van der Waals surface area contributed by atoms with Gasteiger partial charge in [0.15, 0.2) is 0 Å². The molecular formula is C12H12F2N2. The number of fused-ring (bicyclic) bond motifs is 1. The minimum absolute atomic E-state index is 0.447. The maximum Gasteiger partial charge on any atom is 0.260 e. The Balaban J connectivity index is 2.70. The molecule has 0 amide bonds. The highest BCUT2D eigenvalue weighted by atomic mass is 19.3. The number of alkyl halides is 2. The first kappa shape index (κ1) is 11.0. The van der Waals surface area contributed by atoms with Gasteiger partial charge in [0.25, 0.3) is 6.43 Å². The van der Waals surface area contributed by atoms with Crippen molar-refractivity contribution in [3.63, 3.8) is 0 Å². The van der Waals surface area contributed by atoms with Crippen LogP contribution in [-0.2, 0) is 5.54 Å². The van der Waals surface area contributed by atoms with Crippen LogP contribution < -0.4 is 5.73 Å². The van der Waals surface area contributed by atoms with Crippen LogP contribution in [0.4, 0.5) is 8.78 Å². The van der Waals surface area contributed by atoms with Gasteiger partial charge < -0.3 is 5.73 Å². The molecule has 0 fully saturated rings. The van der Waals surface area contributed by atoms with Crippen LogP contribution in [0.2, 0.25) is 0 Å². The summed E-state index contributed by atoms with van der Waals surface area (Å²) in [6.07, 6.45) is 0.611. The molecule has 84 valence electrons. The molecule has 1 aromatic heterocycles. The molecule has 0 bridgehead atoms. The number of nitrogens with zero attached hydrogens (tertiary/aromatic N) is 1. The second kappa shape index (κ2) is 3.79. The zero-order valence-corrected chi connectivity index (χ0v) is 8.82. The van der Waals surface area contributed by atoms with Crippen LogP contribution in [0.3, 0.4) is 0 Å². The Hall–Kier alpha value is -1.55. The number of benzene rings is 1. The Morgan fingerprint density at radius 2 is 2.06 bits per heavy atom. The number of nitrogens with two attached hydrogens (primary N) is 1. The van der Waals surface area contributed by atoms with Gasteiger partial charge in [0.05, 0.1) is 0 Å². The molecule has 0 aliphatic heterocycles. The Morgan fingerprint density at radius 3 is 2.75 bits per heavy atom. The Bertz CT molecular complexity index is 504. The van der Waals surface area contributed by atoms with Crippen LogP contribution in [0.25, 0.3) is 10.8 Å². The lowest BCUT2D eigenvalue weighted by Gasteiger charge is -2.25. The van der Waals surface area contributed by atoms with Gasteiger partial charge in [-0.3, -0.25) is 4.98 Å². The molecule has 2 rings (SSSR count). The Morgan fingerprint density at radius 1 is 1.31 bits per heavy atom. The minimum Gasteiger partial charge on any atom is -0.317 e. The molecule has 1 aromatic carbocycles. The van der Waals surface area contributed by atoms with Gasteiger partial charge in [0.1, 0.15) is 5.54 Å². The summed E-state index contributed by atoms with van der Waals surface area (Å²) < 4.78 is 25.8. The summed E-state index contributed by atoms with van der Waals surface area (Å²) in [4.78, 5) is 3.95. The summed E-state index contributed by atoms with van der Waals surface area (Å²) >= 11 is 0. The fraction of sp³-hybridized carbons (Fsp3) is 0.250. The zero-order chi connectivity index (χ0) is 11.8. The largest absolute Gasteiger partial charge is 0.317 e. The summed E-state index contributed by atoms with van der Waals surface area (Å²) in [7, 11) is 0. The van der Waals surface area contributed by atoms with E-state index in [1.807, 2.05) is 6.07 Å². The molecule has 0 saturated heterocycles. The number of pyridine rings is 1. The average molecular weight is 222 g/mol. The third kappa shape index (κ3) is 1.65. The summed E-state index contributed by atoms with van der Waals surface area (Å²) in [5.41, 5.74) is 4.49. The Kier molecular flexibility index (Phi) is 2.59. The SMILES string of the molecule is CC(N)(c1cccc2cnccc12)C(F)F. The van der Waals surface area contributed by atoms with Crippen molar-refractivity contribution in [1.82, 2.24) is 4.98 Å². The van der Waals surface area contributed by atoms with Crippen molar-refractivity contribution in [2.75, 3.05) is 0 Å². The molecule has 0 radical (unpaired) electrons. The van der Waals surface area contributed by atoms with Crippen molar-refractivity contribution >= 4 is 10.8 Å². The number of hydrogen-bond acceptors (Lipinski definition) is 2. The summed E-state index contributed by atoms with van der Waals surface area (Å²) in [6.45, 7) is 1.34. The van der Waals surface area contributed by atoms with E-state index in [9.17, 15) is 8.78 Å². The molecule has 1 atom stereocenters. The first-order valence-electron chi connectivity index (χ1n) is 4.93. The molecule has 0 aliphatic rings. The predicted octanol–water partition coefficient (Wildman–Crippen LogP) is 2.67. The van der Waals surface area contributed by atoms with Gasteiger partial charge >= 0.3 is 0 Å². The summed E-state index contributed by atoms with van der Waals surface area (Å²) in [5.74, 6) is 0. The van der Waals surface area contributed by atoms with Crippen LogP contribution in [-0.4, -0.2) is 11.4 Å². The zero-order valence-electron chi connectivity index (χ0n) is 8.82. The van der Waals surface area contributed by atoms with Crippen LogP contribution in [0, 0.1) is 0 Å². The molecule has 4 heteroatoms. The lowest BCUT2D eigenvalue weighted by Crippen LogP contribution is -2.40. The van der Waals surface area contributed by atoms with Crippen molar-refractivity contribution in [3.8, 4) is 0 Å². The van der Waals surface area contributed by atoms with E-state index in [4.69, 9.17) is 5.73 Å². The molecule has 0 saturated carbocycles. The van der Waals surface area contributed by atoms with Gasteiger partial charge in [0, 0.05) is 17.8 Å². The second-order valence-electron chi connectivity index (χ2n) is 3.99.